The lowest BCUT2D eigenvalue weighted by atomic mass is 9.85. The third-order valence-corrected chi connectivity index (χ3v) is 8.53. The second kappa shape index (κ2) is 8.95. The van der Waals surface area contributed by atoms with Crippen LogP contribution in [0.4, 0.5) is 0 Å². The fourth-order valence-corrected chi connectivity index (χ4v) is 6.67. The lowest BCUT2D eigenvalue weighted by Crippen LogP contribution is -1.91. The van der Waals surface area contributed by atoms with E-state index in [0.717, 1.165) is 38.5 Å². The molecule has 0 atom stereocenters. The van der Waals surface area contributed by atoms with Gasteiger partial charge in [0.05, 0.1) is 6.26 Å². The van der Waals surface area contributed by atoms with Gasteiger partial charge in [-0.25, -0.2) is 0 Å². The first kappa shape index (κ1) is 23.1. The molecule has 0 radical (unpaired) electrons. The summed E-state index contributed by atoms with van der Waals surface area (Å²) in [6, 6.07) is 49.7. The van der Waals surface area contributed by atoms with Crippen molar-refractivity contribution in [2.45, 2.75) is 0 Å². The van der Waals surface area contributed by atoms with Crippen LogP contribution < -0.4 is 0 Å². The van der Waals surface area contributed by atoms with Crippen molar-refractivity contribution < 1.29 is 8.83 Å². The summed E-state index contributed by atoms with van der Waals surface area (Å²) in [4.78, 5) is 0. The van der Waals surface area contributed by atoms with Gasteiger partial charge in [0.25, 0.3) is 0 Å². The van der Waals surface area contributed by atoms with Crippen LogP contribution in [0.5, 0.6) is 0 Å². The molecule has 0 aliphatic heterocycles. The first-order valence-electron chi connectivity index (χ1n) is 14.3. The molecule has 0 aliphatic rings. The van der Waals surface area contributed by atoms with Crippen LogP contribution in [0.3, 0.4) is 0 Å². The van der Waals surface area contributed by atoms with Gasteiger partial charge in [-0.3, -0.25) is 0 Å². The number of benzene rings is 7. The Morgan fingerprint density at radius 1 is 0.381 bits per heavy atom. The van der Waals surface area contributed by atoms with Crippen LogP contribution in [-0.4, -0.2) is 0 Å². The molecule has 42 heavy (non-hydrogen) atoms. The zero-order valence-electron chi connectivity index (χ0n) is 22.7. The monoisotopic (exact) mass is 536 g/mol. The van der Waals surface area contributed by atoms with Crippen LogP contribution in [0.25, 0.3) is 87.8 Å². The van der Waals surface area contributed by atoms with Gasteiger partial charge in [-0.2, -0.15) is 0 Å². The predicted octanol–water partition coefficient (Wildman–Crippen LogP) is 11.6. The Bertz CT molecular complexity index is 2400. The summed E-state index contributed by atoms with van der Waals surface area (Å²) in [5, 5.41) is 8.15. The average Bonchev–Trinajstić information content (AvgIpc) is 3.66. The van der Waals surface area contributed by atoms with E-state index in [2.05, 4.69) is 127 Å². The van der Waals surface area contributed by atoms with Crippen molar-refractivity contribution >= 4 is 54.5 Å². The van der Waals surface area contributed by atoms with Crippen molar-refractivity contribution in [1.29, 1.82) is 0 Å². The Morgan fingerprint density at radius 2 is 1.00 bits per heavy atom. The zero-order chi connectivity index (χ0) is 27.6. The largest absolute Gasteiger partial charge is 0.464 e. The maximum Gasteiger partial charge on any atom is 0.143 e. The quantitative estimate of drug-likeness (QED) is 0.210. The van der Waals surface area contributed by atoms with Crippen LogP contribution in [0, 0.1) is 0 Å². The Hall–Kier alpha value is -5.60. The summed E-state index contributed by atoms with van der Waals surface area (Å²) in [5.74, 6) is 0. The van der Waals surface area contributed by atoms with E-state index in [-0.39, 0.29) is 0 Å². The van der Waals surface area contributed by atoms with Crippen molar-refractivity contribution in [2.75, 3.05) is 0 Å². The van der Waals surface area contributed by atoms with Gasteiger partial charge in [0.15, 0.2) is 0 Å². The van der Waals surface area contributed by atoms with Crippen molar-refractivity contribution in [3.05, 3.63) is 146 Å². The summed E-state index contributed by atoms with van der Waals surface area (Å²) in [6.07, 6.45) is 1.73. The molecule has 2 aromatic heterocycles. The minimum Gasteiger partial charge on any atom is -0.464 e. The third kappa shape index (κ3) is 3.39. The van der Waals surface area contributed by atoms with E-state index in [1.54, 1.807) is 6.26 Å². The Morgan fingerprint density at radius 3 is 1.76 bits per heavy atom. The van der Waals surface area contributed by atoms with Crippen LogP contribution in [0.1, 0.15) is 0 Å². The average molecular weight is 537 g/mol. The van der Waals surface area contributed by atoms with Gasteiger partial charge < -0.3 is 8.83 Å². The minimum absolute atomic E-state index is 0.834. The number of para-hydroxylation sites is 1. The Kier molecular flexibility index (Phi) is 4.93. The zero-order valence-corrected chi connectivity index (χ0v) is 22.7. The molecular formula is C40H24O2. The lowest BCUT2D eigenvalue weighted by molar-refractivity contribution is 0.613. The van der Waals surface area contributed by atoms with Gasteiger partial charge in [0.1, 0.15) is 16.7 Å². The smallest absolute Gasteiger partial charge is 0.143 e. The standard InChI is InChI=1S/C40H24O2/c1-2-10-25(11-3-1)26-12-8-13-28(22-26)38-29-14-4-6-16-31(29)39(32-17-7-5-15-30(32)38)34-19-9-18-33-35-23-27-20-21-41-36(27)24-37(35)42-40(33)34/h1-24H. The van der Waals surface area contributed by atoms with Crippen LogP contribution in [0.15, 0.2) is 155 Å². The second-order valence-electron chi connectivity index (χ2n) is 10.9. The van der Waals surface area contributed by atoms with Crippen LogP contribution >= 0.6 is 0 Å². The third-order valence-electron chi connectivity index (χ3n) is 8.53. The molecule has 196 valence electrons. The van der Waals surface area contributed by atoms with Crippen LogP contribution in [-0.2, 0) is 0 Å². The van der Waals surface area contributed by atoms with Crippen molar-refractivity contribution in [1.82, 2.24) is 0 Å². The molecule has 0 saturated carbocycles. The number of fused-ring (bicyclic) bond motifs is 6. The second-order valence-corrected chi connectivity index (χ2v) is 10.9. The van der Waals surface area contributed by atoms with Crippen LogP contribution in [0.2, 0.25) is 0 Å². The van der Waals surface area contributed by atoms with E-state index in [0.29, 0.717) is 0 Å². The molecule has 2 nitrogen and oxygen atoms in total. The SMILES string of the molecule is c1ccc(-c2cccc(-c3c4ccccc4c(-c4cccc5c4oc4cc6occc6cc45)c4ccccc34)c2)cc1. The molecule has 9 rings (SSSR count). The predicted molar refractivity (Wildman–Crippen MR) is 175 cm³/mol. The Balaban J connectivity index is 1.37. The highest BCUT2D eigenvalue weighted by molar-refractivity contribution is 6.24. The number of hydrogen-bond donors (Lipinski definition) is 0. The van der Waals surface area contributed by atoms with Gasteiger partial charge >= 0.3 is 0 Å². The van der Waals surface area contributed by atoms with E-state index < -0.39 is 0 Å². The highest BCUT2D eigenvalue weighted by Gasteiger charge is 2.20. The number of hydrogen-bond acceptors (Lipinski definition) is 2. The summed E-state index contributed by atoms with van der Waals surface area (Å²) >= 11 is 0. The maximum atomic E-state index is 6.63. The molecule has 7 aromatic carbocycles. The van der Waals surface area contributed by atoms with E-state index >= 15 is 0 Å². The molecule has 0 N–H and O–H groups in total. The van der Waals surface area contributed by atoms with Crippen molar-refractivity contribution in [3.8, 4) is 33.4 Å². The molecule has 0 fully saturated rings. The van der Waals surface area contributed by atoms with E-state index in [9.17, 15) is 0 Å². The van der Waals surface area contributed by atoms with Gasteiger partial charge in [-0.15, -0.1) is 0 Å². The molecule has 0 aliphatic carbocycles. The van der Waals surface area contributed by atoms with E-state index in [4.69, 9.17) is 8.83 Å². The summed E-state index contributed by atoms with van der Waals surface area (Å²) in [5.41, 5.74) is 9.74. The van der Waals surface area contributed by atoms with E-state index in [1.807, 2.05) is 12.1 Å². The van der Waals surface area contributed by atoms with Crippen molar-refractivity contribution in [2.24, 2.45) is 0 Å². The summed E-state index contributed by atoms with van der Waals surface area (Å²) in [6.45, 7) is 0. The van der Waals surface area contributed by atoms with Gasteiger partial charge in [0, 0.05) is 33.4 Å². The number of furan rings is 2. The Labute approximate surface area is 242 Å². The normalized spacial score (nSPS) is 11.8. The minimum atomic E-state index is 0.834. The fraction of sp³-hybridized carbons (Fsp3) is 0. The molecule has 2 heteroatoms. The van der Waals surface area contributed by atoms with Gasteiger partial charge in [0.2, 0.25) is 0 Å². The molecule has 0 spiro atoms. The van der Waals surface area contributed by atoms with E-state index in [1.165, 1.54) is 49.4 Å². The van der Waals surface area contributed by atoms with Gasteiger partial charge in [-0.1, -0.05) is 115 Å². The van der Waals surface area contributed by atoms with Gasteiger partial charge in [-0.05, 0) is 62.0 Å². The van der Waals surface area contributed by atoms with Crippen molar-refractivity contribution in [3.63, 3.8) is 0 Å². The lowest BCUT2D eigenvalue weighted by Gasteiger charge is -2.18. The molecule has 0 bridgehead atoms. The number of rotatable bonds is 3. The highest BCUT2D eigenvalue weighted by atomic mass is 16.3. The molecular weight excluding hydrogens is 512 g/mol. The molecule has 0 amide bonds. The summed E-state index contributed by atoms with van der Waals surface area (Å²) < 4.78 is 12.3. The molecule has 2 heterocycles. The topological polar surface area (TPSA) is 26.3 Å². The first-order valence-corrected chi connectivity index (χ1v) is 14.3. The molecule has 0 unspecified atom stereocenters. The summed E-state index contributed by atoms with van der Waals surface area (Å²) in [7, 11) is 0. The first-order chi connectivity index (χ1) is 20.8. The molecule has 0 saturated heterocycles. The highest BCUT2D eigenvalue weighted by Crippen LogP contribution is 2.47. The molecule has 9 aromatic rings. The maximum absolute atomic E-state index is 6.63. The fourth-order valence-electron chi connectivity index (χ4n) is 6.67.